The standard InChI is InChI=1S/C19H18ClN5O2S2/c20-14-8-6-13(7-9-14)17(26)24-10-2-1-5-16(18(24)27)29-19-21-22-23-25(19)12-15-4-3-11-28-15/h3-4,6-9,11,16H,1-2,5,10,12H2/t16-/m1/s1. The van der Waals surface area contributed by atoms with Gasteiger partial charge in [0.15, 0.2) is 0 Å². The van der Waals surface area contributed by atoms with Crippen molar-refractivity contribution in [1.29, 1.82) is 0 Å². The van der Waals surface area contributed by atoms with E-state index in [0.29, 0.717) is 35.3 Å². The third-order valence-corrected chi connectivity index (χ3v) is 6.95. The van der Waals surface area contributed by atoms with Crippen LogP contribution in [0.3, 0.4) is 0 Å². The number of hydrogen-bond donors (Lipinski definition) is 0. The number of aromatic nitrogens is 4. The average Bonchev–Trinajstić information content (AvgIpc) is 3.35. The molecular weight excluding hydrogens is 430 g/mol. The Kier molecular flexibility index (Phi) is 6.27. The van der Waals surface area contributed by atoms with Crippen molar-refractivity contribution in [3.05, 3.63) is 57.2 Å². The molecule has 10 heteroatoms. The monoisotopic (exact) mass is 447 g/mol. The van der Waals surface area contributed by atoms with Crippen LogP contribution >= 0.6 is 34.7 Å². The Hall–Kier alpha value is -2.23. The summed E-state index contributed by atoms with van der Waals surface area (Å²) in [4.78, 5) is 28.6. The van der Waals surface area contributed by atoms with Crippen molar-refractivity contribution >= 4 is 46.5 Å². The topological polar surface area (TPSA) is 81.0 Å². The Labute approximate surface area is 181 Å². The number of nitrogens with zero attached hydrogens (tertiary/aromatic N) is 5. The molecule has 0 aliphatic carbocycles. The van der Waals surface area contributed by atoms with Gasteiger partial charge in [0.2, 0.25) is 11.1 Å². The van der Waals surface area contributed by atoms with Gasteiger partial charge in [-0.05, 0) is 59.0 Å². The first-order chi connectivity index (χ1) is 14.1. The van der Waals surface area contributed by atoms with Gasteiger partial charge in [-0.15, -0.1) is 16.4 Å². The fourth-order valence-corrected chi connectivity index (χ4v) is 5.01. The SMILES string of the molecule is O=C(c1ccc(Cl)cc1)N1CCCC[C@@H](Sc2nnnn2Cc2cccs2)C1=O. The fraction of sp³-hybridized carbons (Fsp3) is 0.316. The number of likely N-dealkylation sites (tertiary alicyclic amines) is 1. The number of thioether (sulfide) groups is 1. The zero-order valence-corrected chi connectivity index (χ0v) is 17.8. The predicted molar refractivity (Wildman–Crippen MR) is 112 cm³/mol. The number of carbonyl (C=O) groups is 2. The van der Waals surface area contributed by atoms with Crippen molar-refractivity contribution in [3.8, 4) is 0 Å². The molecule has 1 atom stereocenters. The maximum atomic E-state index is 13.2. The quantitative estimate of drug-likeness (QED) is 0.554. The number of hydrogen-bond acceptors (Lipinski definition) is 7. The first kappa shape index (κ1) is 20.1. The fourth-order valence-electron chi connectivity index (χ4n) is 3.12. The zero-order chi connectivity index (χ0) is 20.2. The summed E-state index contributed by atoms with van der Waals surface area (Å²) >= 11 is 8.86. The summed E-state index contributed by atoms with van der Waals surface area (Å²) in [7, 11) is 0. The molecule has 2 aromatic heterocycles. The summed E-state index contributed by atoms with van der Waals surface area (Å²) in [6.07, 6.45) is 2.32. The maximum absolute atomic E-state index is 13.2. The molecule has 2 amide bonds. The van der Waals surface area contributed by atoms with Crippen molar-refractivity contribution in [2.24, 2.45) is 0 Å². The summed E-state index contributed by atoms with van der Waals surface area (Å²) in [6.45, 7) is 0.971. The van der Waals surface area contributed by atoms with Crippen molar-refractivity contribution in [2.75, 3.05) is 6.54 Å². The lowest BCUT2D eigenvalue weighted by Crippen LogP contribution is -2.41. The van der Waals surface area contributed by atoms with Gasteiger partial charge in [0, 0.05) is 22.0 Å². The van der Waals surface area contributed by atoms with E-state index in [0.717, 1.165) is 17.7 Å². The Balaban J connectivity index is 1.51. The van der Waals surface area contributed by atoms with Gasteiger partial charge in [-0.1, -0.05) is 35.9 Å². The van der Waals surface area contributed by atoms with Crippen molar-refractivity contribution in [1.82, 2.24) is 25.1 Å². The second-order valence-electron chi connectivity index (χ2n) is 6.60. The van der Waals surface area contributed by atoms with E-state index in [-0.39, 0.29) is 11.8 Å². The van der Waals surface area contributed by atoms with Gasteiger partial charge in [0.05, 0.1) is 11.8 Å². The molecule has 0 bridgehead atoms. The summed E-state index contributed by atoms with van der Waals surface area (Å²) in [6, 6.07) is 10.6. The molecule has 0 spiro atoms. The smallest absolute Gasteiger partial charge is 0.260 e. The maximum Gasteiger partial charge on any atom is 0.260 e. The zero-order valence-electron chi connectivity index (χ0n) is 15.4. The van der Waals surface area contributed by atoms with Gasteiger partial charge in [0.1, 0.15) is 0 Å². The Bertz CT molecular complexity index is 990. The third-order valence-electron chi connectivity index (χ3n) is 4.61. The van der Waals surface area contributed by atoms with Gasteiger partial charge < -0.3 is 0 Å². The summed E-state index contributed by atoms with van der Waals surface area (Å²) in [5.41, 5.74) is 0.455. The number of imide groups is 1. The molecule has 0 radical (unpaired) electrons. The minimum Gasteiger partial charge on any atom is -0.278 e. The Morgan fingerprint density at radius 1 is 1.24 bits per heavy atom. The molecule has 150 valence electrons. The van der Waals surface area contributed by atoms with Crippen LogP contribution in [-0.4, -0.2) is 48.7 Å². The van der Waals surface area contributed by atoms with Crippen molar-refractivity contribution in [2.45, 2.75) is 36.2 Å². The predicted octanol–water partition coefficient (Wildman–Crippen LogP) is 3.75. The molecule has 1 aliphatic heterocycles. The van der Waals surface area contributed by atoms with Crippen LogP contribution in [0.1, 0.15) is 34.5 Å². The molecule has 29 heavy (non-hydrogen) atoms. The molecule has 1 saturated heterocycles. The van der Waals surface area contributed by atoms with Crippen LogP contribution in [0.25, 0.3) is 0 Å². The third kappa shape index (κ3) is 4.68. The molecule has 3 aromatic rings. The van der Waals surface area contributed by atoms with Crippen molar-refractivity contribution < 1.29 is 9.59 Å². The van der Waals surface area contributed by atoms with E-state index in [1.54, 1.807) is 40.3 Å². The molecule has 0 saturated carbocycles. The van der Waals surface area contributed by atoms with E-state index < -0.39 is 5.25 Å². The summed E-state index contributed by atoms with van der Waals surface area (Å²) in [5.74, 6) is -0.490. The summed E-state index contributed by atoms with van der Waals surface area (Å²) < 4.78 is 1.69. The second kappa shape index (κ2) is 9.06. The molecule has 0 N–H and O–H groups in total. The lowest BCUT2D eigenvalue weighted by atomic mass is 10.2. The first-order valence-electron chi connectivity index (χ1n) is 9.18. The van der Waals surface area contributed by atoms with Crippen LogP contribution < -0.4 is 0 Å². The number of benzene rings is 1. The van der Waals surface area contributed by atoms with Crippen LogP contribution in [0.4, 0.5) is 0 Å². The van der Waals surface area contributed by atoms with Crippen LogP contribution in [0.5, 0.6) is 0 Å². The molecule has 1 fully saturated rings. The second-order valence-corrected chi connectivity index (χ2v) is 9.24. The lowest BCUT2D eigenvalue weighted by Gasteiger charge is -2.22. The number of rotatable bonds is 5. The first-order valence-corrected chi connectivity index (χ1v) is 11.3. The minimum atomic E-state index is -0.401. The molecule has 7 nitrogen and oxygen atoms in total. The van der Waals surface area contributed by atoms with Crippen LogP contribution in [0.2, 0.25) is 5.02 Å². The average molecular weight is 448 g/mol. The van der Waals surface area contributed by atoms with E-state index in [4.69, 9.17) is 11.6 Å². The molecule has 1 aromatic carbocycles. The highest BCUT2D eigenvalue weighted by atomic mass is 35.5. The van der Waals surface area contributed by atoms with E-state index in [9.17, 15) is 9.59 Å². The number of halogens is 1. The molecule has 0 unspecified atom stereocenters. The highest BCUT2D eigenvalue weighted by Crippen LogP contribution is 2.30. The highest BCUT2D eigenvalue weighted by Gasteiger charge is 2.33. The lowest BCUT2D eigenvalue weighted by molar-refractivity contribution is -0.127. The van der Waals surface area contributed by atoms with Gasteiger partial charge in [-0.3, -0.25) is 14.5 Å². The number of carbonyl (C=O) groups excluding carboxylic acids is 2. The summed E-state index contributed by atoms with van der Waals surface area (Å²) in [5, 5.41) is 14.6. The molecule has 4 rings (SSSR count). The van der Waals surface area contributed by atoms with Gasteiger partial charge >= 0.3 is 0 Å². The van der Waals surface area contributed by atoms with E-state index in [1.165, 1.54) is 16.7 Å². The van der Waals surface area contributed by atoms with E-state index in [1.807, 2.05) is 17.5 Å². The largest absolute Gasteiger partial charge is 0.278 e. The minimum absolute atomic E-state index is 0.196. The number of amides is 2. The van der Waals surface area contributed by atoms with E-state index >= 15 is 0 Å². The normalized spacial score (nSPS) is 17.3. The van der Waals surface area contributed by atoms with Gasteiger partial charge in [-0.25, -0.2) is 4.68 Å². The van der Waals surface area contributed by atoms with Gasteiger partial charge in [-0.2, -0.15) is 0 Å². The van der Waals surface area contributed by atoms with Crippen LogP contribution in [0, 0.1) is 0 Å². The number of thiophene rings is 1. The van der Waals surface area contributed by atoms with Crippen molar-refractivity contribution in [3.63, 3.8) is 0 Å². The molecule has 1 aliphatic rings. The van der Waals surface area contributed by atoms with Crippen LogP contribution in [-0.2, 0) is 11.3 Å². The molecular formula is C19H18ClN5O2S2. The Morgan fingerprint density at radius 3 is 2.83 bits per heavy atom. The Morgan fingerprint density at radius 2 is 2.07 bits per heavy atom. The van der Waals surface area contributed by atoms with E-state index in [2.05, 4.69) is 15.5 Å². The highest BCUT2D eigenvalue weighted by molar-refractivity contribution is 8.00. The van der Waals surface area contributed by atoms with Crippen LogP contribution in [0.15, 0.2) is 46.9 Å². The van der Waals surface area contributed by atoms with Gasteiger partial charge in [0.25, 0.3) is 5.91 Å². The molecule has 3 heterocycles. The number of tetrazole rings is 1.